The molecular formula is C29H18N2O5. The number of rotatable bonds is 4. The molecule has 0 atom stereocenters. The number of hydrogen-bond donors (Lipinski definition) is 0. The van der Waals surface area contributed by atoms with E-state index >= 15 is 0 Å². The average molecular weight is 474 g/mol. The van der Waals surface area contributed by atoms with Gasteiger partial charge >= 0.3 is 11.6 Å². The molecule has 0 aliphatic rings. The Morgan fingerprint density at radius 3 is 2.31 bits per heavy atom. The first-order valence-corrected chi connectivity index (χ1v) is 11.3. The summed E-state index contributed by atoms with van der Waals surface area (Å²) in [6.45, 7) is -0.171. The Kier molecular flexibility index (Phi) is 5.15. The lowest BCUT2D eigenvalue weighted by Gasteiger charge is -2.12. The summed E-state index contributed by atoms with van der Waals surface area (Å²) < 4.78 is 12.3. The van der Waals surface area contributed by atoms with Crippen molar-refractivity contribution in [2.24, 2.45) is 0 Å². The Morgan fingerprint density at radius 2 is 1.50 bits per heavy atom. The number of fused-ring (bicyclic) bond motifs is 4. The zero-order valence-corrected chi connectivity index (χ0v) is 18.9. The van der Waals surface area contributed by atoms with Crippen LogP contribution in [0.5, 0.6) is 0 Å². The molecule has 0 N–H and O–H groups in total. The summed E-state index contributed by atoms with van der Waals surface area (Å²) in [6.07, 6.45) is 0. The van der Waals surface area contributed by atoms with Gasteiger partial charge in [-0.3, -0.25) is 4.79 Å². The van der Waals surface area contributed by atoms with Crippen molar-refractivity contribution >= 4 is 38.5 Å². The van der Waals surface area contributed by atoms with E-state index in [1.807, 2.05) is 36.4 Å². The largest absolute Gasteiger partial charge is 0.456 e. The Balaban J connectivity index is 1.44. The lowest BCUT2D eigenvalue weighted by molar-refractivity contribution is 0.0467. The van der Waals surface area contributed by atoms with E-state index in [9.17, 15) is 14.4 Å². The number of carbonyl (C=O) groups is 1. The number of para-hydroxylation sites is 1. The van der Waals surface area contributed by atoms with Gasteiger partial charge in [-0.2, -0.15) is 9.78 Å². The molecule has 0 aliphatic carbocycles. The first kappa shape index (κ1) is 21.5. The molecule has 0 fully saturated rings. The van der Waals surface area contributed by atoms with Crippen LogP contribution in [0.2, 0.25) is 0 Å². The van der Waals surface area contributed by atoms with Crippen LogP contribution in [0.15, 0.2) is 111 Å². The van der Waals surface area contributed by atoms with Crippen molar-refractivity contribution in [1.29, 1.82) is 0 Å². The van der Waals surface area contributed by atoms with Gasteiger partial charge in [0.2, 0.25) is 0 Å². The molecule has 0 amide bonds. The van der Waals surface area contributed by atoms with Crippen LogP contribution in [0.4, 0.5) is 0 Å². The van der Waals surface area contributed by atoms with Gasteiger partial charge in [0, 0.05) is 22.4 Å². The minimum atomic E-state index is -0.711. The monoisotopic (exact) mass is 474 g/mol. The lowest BCUT2D eigenvalue weighted by Crippen LogP contribution is -2.25. The third-order valence-electron chi connectivity index (χ3n) is 6.07. The second-order valence-electron chi connectivity index (χ2n) is 8.27. The first-order chi connectivity index (χ1) is 17.6. The van der Waals surface area contributed by atoms with Gasteiger partial charge in [0.15, 0.2) is 5.69 Å². The molecule has 0 radical (unpaired) electrons. The molecule has 7 heteroatoms. The Labute approximate surface area is 203 Å². The van der Waals surface area contributed by atoms with Crippen molar-refractivity contribution in [3.63, 3.8) is 0 Å². The molecular weight excluding hydrogens is 456 g/mol. The van der Waals surface area contributed by atoms with Gasteiger partial charge in [0.05, 0.1) is 11.1 Å². The predicted molar refractivity (Wildman–Crippen MR) is 136 cm³/mol. The van der Waals surface area contributed by atoms with E-state index in [2.05, 4.69) is 5.10 Å². The van der Waals surface area contributed by atoms with Crippen LogP contribution >= 0.6 is 0 Å². The molecule has 6 rings (SSSR count). The van der Waals surface area contributed by atoms with Gasteiger partial charge in [-0.15, -0.1) is 0 Å². The Bertz CT molecular complexity index is 1910. The first-order valence-electron chi connectivity index (χ1n) is 11.3. The Hall–Kier alpha value is -5.04. The smallest absolute Gasteiger partial charge is 0.359 e. The SMILES string of the molecule is O=C(OCc1cc(=O)oc2ccc3ccccc3c12)c1nn(-c2ccccc2)c(=O)c2ccccc12. The highest BCUT2D eigenvalue weighted by molar-refractivity contribution is 6.07. The minimum absolute atomic E-state index is 0.00572. The minimum Gasteiger partial charge on any atom is -0.456 e. The van der Waals surface area contributed by atoms with Crippen molar-refractivity contribution in [3.8, 4) is 5.69 Å². The topological polar surface area (TPSA) is 91.4 Å². The fraction of sp³-hybridized carbons (Fsp3) is 0.0345. The maximum absolute atomic E-state index is 13.3. The van der Waals surface area contributed by atoms with Gasteiger partial charge in [-0.25, -0.2) is 9.59 Å². The van der Waals surface area contributed by atoms with Crippen LogP contribution in [0.1, 0.15) is 16.1 Å². The van der Waals surface area contributed by atoms with Crippen molar-refractivity contribution in [2.45, 2.75) is 6.61 Å². The fourth-order valence-electron chi connectivity index (χ4n) is 4.43. The van der Waals surface area contributed by atoms with Crippen molar-refractivity contribution in [3.05, 3.63) is 129 Å². The summed E-state index contributed by atoms with van der Waals surface area (Å²) in [5.74, 6) is -0.711. The molecule has 2 aromatic heterocycles. The van der Waals surface area contributed by atoms with Crippen LogP contribution in [0.3, 0.4) is 0 Å². The molecule has 36 heavy (non-hydrogen) atoms. The third kappa shape index (κ3) is 3.63. The number of esters is 1. The number of benzene rings is 4. The second kappa shape index (κ2) is 8.63. The van der Waals surface area contributed by atoms with Gasteiger partial charge in [0.25, 0.3) is 5.56 Å². The summed E-state index contributed by atoms with van der Waals surface area (Å²) in [5.41, 5.74) is 0.587. The maximum atomic E-state index is 13.3. The van der Waals surface area contributed by atoms with Crippen molar-refractivity contribution < 1.29 is 13.9 Å². The van der Waals surface area contributed by atoms with Gasteiger partial charge < -0.3 is 9.15 Å². The number of nitrogens with zero attached hydrogens (tertiary/aromatic N) is 2. The highest BCUT2D eigenvalue weighted by Gasteiger charge is 2.20. The zero-order chi connectivity index (χ0) is 24.6. The molecule has 0 spiro atoms. The normalized spacial score (nSPS) is 11.2. The van der Waals surface area contributed by atoms with Crippen LogP contribution < -0.4 is 11.2 Å². The maximum Gasteiger partial charge on any atom is 0.359 e. The predicted octanol–water partition coefficient (Wildman–Crippen LogP) is 5.00. The summed E-state index contributed by atoms with van der Waals surface area (Å²) in [5, 5.41) is 7.65. The van der Waals surface area contributed by atoms with Gasteiger partial charge in [0.1, 0.15) is 12.2 Å². The van der Waals surface area contributed by atoms with E-state index in [1.54, 1.807) is 54.6 Å². The molecule has 0 unspecified atom stereocenters. The van der Waals surface area contributed by atoms with Crippen molar-refractivity contribution in [2.75, 3.05) is 0 Å². The number of hydrogen-bond acceptors (Lipinski definition) is 6. The molecule has 0 saturated heterocycles. The van der Waals surface area contributed by atoms with Crippen LogP contribution in [0, 0.1) is 0 Å². The van der Waals surface area contributed by atoms with E-state index in [0.29, 0.717) is 33.0 Å². The van der Waals surface area contributed by atoms with E-state index in [0.717, 1.165) is 10.8 Å². The molecule has 2 heterocycles. The quantitative estimate of drug-likeness (QED) is 0.203. The van der Waals surface area contributed by atoms with E-state index < -0.39 is 11.6 Å². The summed E-state index contributed by atoms with van der Waals surface area (Å²) in [6, 6.07) is 28.3. The van der Waals surface area contributed by atoms with Gasteiger partial charge in [-0.1, -0.05) is 66.7 Å². The molecule has 4 aromatic carbocycles. The van der Waals surface area contributed by atoms with Gasteiger partial charge in [-0.05, 0) is 35.0 Å². The standard InChI is InChI=1S/C29H18N2O5/c32-25-16-19(26-21-11-5-4-8-18(21)14-15-24(26)36-25)17-35-29(34)27-22-12-6-7-13-23(22)28(33)31(30-27)20-9-2-1-3-10-20/h1-16H,17H2. The number of aromatic nitrogens is 2. The lowest BCUT2D eigenvalue weighted by atomic mass is 10.0. The molecule has 0 bridgehead atoms. The highest BCUT2D eigenvalue weighted by Crippen LogP contribution is 2.28. The molecule has 174 valence electrons. The molecule has 0 aliphatic heterocycles. The van der Waals surface area contributed by atoms with Crippen LogP contribution in [-0.2, 0) is 11.3 Å². The van der Waals surface area contributed by atoms with Crippen LogP contribution in [0.25, 0.3) is 38.2 Å². The van der Waals surface area contributed by atoms with E-state index in [4.69, 9.17) is 9.15 Å². The molecule has 7 nitrogen and oxygen atoms in total. The molecule has 6 aromatic rings. The third-order valence-corrected chi connectivity index (χ3v) is 6.07. The second-order valence-corrected chi connectivity index (χ2v) is 8.27. The fourth-order valence-corrected chi connectivity index (χ4v) is 4.43. The van der Waals surface area contributed by atoms with E-state index in [1.165, 1.54) is 10.7 Å². The van der Waals surface area contributed by atoms with Crippen molar-refractivity contribution in [1.82, 2.24) is 9.78 Å². The van der Waals surface area contributed by atoms with Crippen LogP contribution in [-0.4, -0.2) is 15.7 Å². The zero-order valence-electron chi connectivity index (χ0n) is 18.9. The number of ether oxygens (including phenoxy) is 1. The number of carbonyl (C=O) groups excluding carboxylic acids is 1. The Morgan fingerprint density at radius 1 is 0.806 bits per heavy atom. The summed E-state index contributed by atoms with van der Waals surface area (Å²) in [7, 11) is 0. The average Bonchev–Trinajstić information content (AvgIpc) is 2.92. The molecule has 0 saturated carbocycles. The van der Waals surface area contributed by atoms with E-state index in [-0.39, 0.29) is 17.9 Å². The summed E-state index contributed by atoms with van der Waals surface area (Å²) in [4.78, 5) is 38.6. The summed E-state index contributed by atoms with van der Waals surface area (Å²) >= 11 is 0. The highest BCUT2D eigenvalue weighted by atomic mass is 16.5.